The molecule has 7 nitrogen and oxygen atoms in total. The fourth-order valence-corrected chi connectivity index (χ4v) is 2.83. The van der Waals surface area contributed by atoms with Gasteiger partial charge in [0, 0.05) is 19.8 Å². The van der Waals surface area contributed by atoms with Crippen LogP contribution in [0.4, 0.5) is 0 Å². The summed E-state index contributed by atoms with van der Waals surface area (Å²) in [5.41, 5.74) is 7.33. The molecule has 2 rings (SSSR count). The highest BCUT2D eigenvalue weighted by atomic mass is 16.2. The van der Waals surface area contributed by atoms with E-state index in [0.717, 1.165) is 5.56 Å². The highest BCUT2D eigenvalue weighted by molar-refractivity contribution is 5.91. The molecule has 0 aromatic heterocycles. The SMILES string of the molecule is CC(=O)N[C@H](Cc1ccccc1)C(=O)N[C@@H](Cc1ccccc1C#N)C(N)=O. The first kappa shape index (κ1) is 20.6. The standard InChI is InChI=1S/C21H22N4O3/c1-14(26)24-19(11-15-7-3-2-4-8-15)21(28)25-18(20(23)27)12-16-9-5-6-10-17(16)13-22/h2-10,18-19H,11-12H2,1H3,(H2,23,27)(H,24,26)(H,25,28)/t18-,19+/m0/s1. The molecule has 0 aliphatic rings. The molecule has 0 saturated heterocycles. The Bertz CT molecular complexity index is 890. The average Bonchev–Trinajstić information content (AvgIpc) is 2.67. The van der Waals surface area contributed by atoms with E-state index in [1.165, 1.54) is 6.92 Å². The molecule has 0 unspecified atom stereocenters. The number of benzene rings is 2. The quantitative estimate of drug-likeness (QED) is 0.629. The first-order valence-electron chi connectivity index (χ1n) is 8.79. The predicted octanol–water partition coefficient (Wildman–Crippen LogP) is 0.818. The smallest absolute Gasteiger partial charge is 0.243 e. The van der Waals surface area contributed by atoms with Crippen molar-refractivity contribution in [3.8, 4) is 6.07 Å². The summed E-state index contributed by atoms with van der Waals surface area (Å²) in [6, 6.07) is 16.2. The molecule has 0 bridgehead atoms. The van der Waals surface area contributed by atoms with Crippen LogP contribution in [0, 0.1) is 11.3 Å². The van der Waals surface area contributed by atoms with Crippen LogP contribution in [0.25, 0.3) is 0 Å². The predicted molar refractivity (Wildman–Crippen MR) is 104 cm³/mol. The Hall–Kier alpha value is -3.66. The van der Waals surface area contributed by atoms with Crippen LogP contribution in [0.5, 0.6) is 0 Å². The van der Waals surface area contributed by atoms with Crippen LogP contribution in [0.2, 0.25) is 0 Å². The van der Waals surface area contributed by atoms with E-state index in [0.29, 0.717) is 11.1 Å². The molecule has 0 radical (unpaired) electrons. The summed E-state index contributed by atoms with van der Waals surface area (Å²) >= 11 is 0. The third-order valence-electron chi connectivity index (χ3n) is 4.20. The zero-order valence-corrected chi connectivity index (χ0v) is 15.5. The molecule has 144 valence electrons. The Balaban J connectivity index is 2.16. The molecule has 0 spiro atoms. The maximum Gasteiger partial charge on any atom is 0.243 e. The van der Waals surface area contributed by atoms with Crippen LogP contribution in [-0.4, -0.2) is 29.8 Å². The van der Waals surface area contributed by atoms with E-state index < -0.39 is 23.9 Å². The van der Waals surface area contributed by atoms with Crippen molar-refractivity contribution in [2.45, 2.75) is 31.8 Å². The molecule has 4 N–H and O–H groups in total. The zero-order chi connectivity index (χ0) is 20.5. The maximum absolute atomic E-state index is 12.7. The van der Waals surface area contributed by atoms with Crippen LogP contribution in [0.15, 0.2) is 54.6 Å². The van der Waals surface area contributed by atoms with Crippen molar-refractivity contribution >= 4 is 17.7 Å². The van der Waals surface area contributed by atoms with Crippen LogP contribution in [0.3, 0.4) is 0 Å². The summed E-state index contributed by atoms with van der Waals surface area (Å²) in [7, 11) is 0. The maximum atomic E-state index is 12.7. The first-order chi connectivity index (χ1) is 13.4. The molecule has 28 heavy (non-hydrogen) atoms. The highest BCUT2D eigenvalue weighted by Gasteiger charge is 2.26. The second-order valence-electron chi connectivity index (χ2n) is 6.38. The van der Waals surface area contributed by atoms with Crippen molar-refractivity contribution in [2.75, 3.05) is 0 Å². The first-order valence-corrected chi connectivity index (χ1v) is 8.79. The molecular weight excluding hydrogens is 356 g/mol. The van der Waals surface area contributed by atoms with Crippen molar-refractivity contribution < 1.29 is 14.4 Å². The van der Waals surface area contributed by atoms with E-state index in [9.17, 15) is 19.6 Å². The summed E-state index contributed by atoms with van der Waals surface area (Å²) in [6.45, 7) is 1.32. The van der Waals surface area contributed by atoms with E-state index in [4.69, 9.17) is 5.73 Å². The van der Waals surface area contributed by atoms with Crippen LogP contribution < -0.4 is 16.4 Å². The van der Waals surface area contributed by atoms with E-state index in [1.807, 2.05) is 30.3 Å². The fourth-order valence-electron chi connectivity index (χ4n) is 2.83. The zero-order valence-electron chi connectivity index (χ0n) is 15.5. The molecule has 7 heteroatoms. The molecule has 0 heterocycles. The van der Waals surface area contributed by atoms with Gasteiger partial charge in [0.05, 0.1) is 11.6 Å². The van der Waals surface area contributed by atoms with Crippen molar-refractivity contribution in [2.24, 2.45) is 5.73 Å². The lowest BCUT2D eigenvalue weighted by Gasteiger charge is -2.22. The van der Waals surface area contributed by atoms with Crippen LogP contribution in [0.1, 0.15) is 23.6 Å². The molecule has 0 saturated carbocycles. The molecule has 0 aliphatic heterocycles. The summed E-state index contributed by atoms with van der Waals surface area (Å²) < 4.78 is 0. The number of primary amides is 1. The number of carbonyl (C=O) groups is 3. The molecule has 0 fully saturated rings. The normalized spacial score (nSPS) is 12.3. The van der Waals surface area contributed by atoms with Crippen molar-refractivity contribution in [1.29, 1.82) is 5.26 Å². The molecule has 2 aromatic rings. The van der Waals surface area contributed by atoms with Crippen molar-refractivity contribution in [3.05, 3.63) is 71.3 Å². The monoisotopic (exact) mass is 378 g/mol. The Morgan fingerprint density at radius 1 is 0.964 bits per heavy atom. The molecule has 3 amide bonds. The number of amides is 3. The average molecular weight is 378 g/mol. The van der Waals surface area contributed by atoms with E-state index in [-0.39, 0.29) is 18.7 Å². The van der Waals surface area contributed by atoms with Crippen molar-refractivity contribution in [1.82, 2.24) is 10.6 Å². The number of nitrogens with zero attached hydrogens (tertiary/aromatic N) is 1. The number of nitrogens with one attached hydrogen (secondary N) is 2. The second kappa shape index (κ2) is 9.88. The summed E-state index contributed by atoms with van der Waals surface area (Å²) in [5, 5.41) is 14.4. The van der Waals surface area contributed by atoms with E-state index in [1.54, 1.807) is 24.3 Å². The third kappa shape index (κ3) is 5.95. The summed E-state index contributed by atoms with van der Waals surface area (Å²) in [5.74, 6) is -1.60. The van der Waals surface area contributed by atoms with Gasteiger partial charge in [-0.2, -0.15) is 5.26 Å². The van der Waals surface area contributed by atoms with Crippen LogP contribution >= 0.6 is 0 Å². The van der Waals surface area contributed by atoms with Gasteiger partial charge >= 0.3 is 0 Å². The van der Waals surface area contributed by atoms with Gasteiger partial charge in [0.2, 0.25) is 17.7 Å². The number of carbonyl (C=O) groups excluding carboxylic acids is 3. The Morgan fingerprint density at radius 3 is 2.21 bits per heavy atom. The molecule has 2 atom stereocenters. The van der Waals surface area contributed by atoms with Gasteiger partial charge in [0.1, 0.15) is 12.1 Å². The van der Waals surface area contributed by atoms with Gasteiger partial charge in [-0.05, 0) is 17.2 Å². The van der Waals surface area contributed by atoms with Gasteiger partial charge in [-0.3, -0.25) is 14.4 Å². The molecule has 0 aliphatic carbocycles. The molecular formula is C21H22N4O3. The number of nitriles is 1. The van der Waals surface area contributed by atoms with Gasteiger partial charge in [-0.25, -0.2) is 0 Å². The second-order valence-corrected chi connectivity index (χ2v) is 6.38. The van der Waals surface area contributed by atoms with E-state index >= 15 is 0 Å². The Labute approximate surface area is 163 Å². The Morgan fingerprint density at radius 2 is 1.61 bits per heavy atom. The lowest BCUT2D eigenvalue weighted by Crippen LogP contribution is -2.54. The van der Waals surface area contributed by atoms with Crippen LogP contribution in [-0.2, 0) is 27.2 Å². The minimum absolute atomic E-state index is 0.0862. The van der Waals surface area contributed by atoms with Gasteiger partial charge < -0.3 is 16.4 Å². The number of hydrogen-bond acceptors (Lipinski definition) is 4. The van der Waals surface area contributed by atoms with Gasteiger partial charge in [0.25, 0.3) is 0 Å². The highest BCUT2D eigenvalue weighted by Crippen LogP contribution is 2.11. The lowest BCUT2D eigenvalue weighted by atomic mass is 9.99. The van der Waals surface area contributed by atoms with Gasteiger partial charge in [0.15, 0.2) is 0 Å². The third-order valence-corrected chi connectivity index (χ3v) is 4.20. The number of hydrogen-bond donors (Lipinski definition) is 3. The Kier molecular flexibility index (Phi) is 7.28. The van der Waals surface area contributed by atoms with Gasteiger partial charge in [-0.15, -0.1) is 0 Å². The van der Waals surface area contributed by atoms with E-state index in [2.05, 4.69) is 16.7 Å². The summed E-state index contributed by atoms with van der Waals surface area (Å²) in [4.78, 5) is 36.1. The minimum atomic E-state index is -1.01. The fraction of sp³-hybridized carbons (Fsp3) is 0.238. The topological polar surface area (TPSA) is 125 Å². The minimum Gasteiger partial charge on any atom is -0.368 e. The number of rotatable bonds is 8. The van der Waals surface area contributed by atoms with Gasteiger partial charge in [-0.1, -0.05) is 48.5 Å². The molecule has 2 aromatic carbocycles. The lowest BCUT2D eigenvalue weighted by molar-refractivity contribution is -0.130. The summed E-state index contributed by atoms with van der Waals surface area (Å²) in [6.07, 6.45) is 0.357. The number of nitrogens with two attached hydrogens (primary N) is 1. The van der Waals surface area contributed by atoms with Crippen molar-refractivity contribution in [3.63, 3.8) is 0 Å². The largest absolute Gasteiger partial charge is 0.368 e.